The molecule has 66 valence electrons. The van der Waals surface area contributed by atoms with Gasteiger partial charge in [0.05, 0.1) is 12.6 Å². The first-order valence-corrected chi connectivity index (χ1v) is 4.26. The van der Waals surface area contributed by atoms with Crippen molar-refractivity contribution >= 4 is 0 Å². The van der Waals surface area contributed by atoms with E-state index in [0.717, 1.165) is 19.6 Å². The summed E-state index contributed by atoms with van der Waals surface area (Å²) in [5.74, 6) is 0. The molecule has 0 spiro atoms. The summed E-state index contributed by atoms with van der Waals surface area (Å²) in [6, 6.07) is 0.348. The molecule has 2 heterocycles. The van der Waals surface area contributed by atoms with Crippen LogP contribution in [0.2, 0.25) is 0 Å². The van der Waals surface area contributed by atoms with E-state index in [-0.39, 0.29) is 0 Å². The predicted octanol–water partition coefficient (Wildman–Crippen LogP) is 0.479. The molecule has 1 fully saturated rings. The van der Waals surface area contributed by atoms with Crippen LogP contribution >= 0.6 is 0 Å². The van der Waals surface area contributed by atoms with Crippen LogP contribution < -0.4 is 0 Å². The van der Waals surface area contributed by atoms with Gasteiger partial charge in [-0.15, -0.1) is 0 Å². The van der Waals surface area contributed by atoms with E-state index in [1.807, 2.05) is 23.3 Å². The predicted molar refractivity (Wildman–Crippen MR) is 45.3 cm³/mol. The maximum absolute atomic E-state index is 9.56. The summed E-state index contributed by atoms with van der Waals surface area (Å²) >= 11 is 0. The Labute approximate surface area is 71.9 Å². The van der Waals surface area contributed by atoms with E-state index in [9.17, 15) is 5.11 Å². The highest BCUT2D eigenvalue weighted by molar-refractivity contribution is 5.11. The van der Waals surface area contributed by atoms with Gasteiger partial charge in [-0.25, -0.2) is 0 Å². The van der Waals surface area contributed by atoms with E-state index in [2.05, 4.69) is 0 Å². The molecule has 2 aliphatic rings. The molecule has 2 rings (SSSR count). The lowest BCUT2D eigenvalue weighted by atomic mass is 10.2. The van der Waals surface area contributed by atoms with E-state index < -0.39 is 6.23 Å². The number of rotatable bonds is 1. The molecule has 0 aromatic rings. The molecule has 12 heavy (non-hydrogen) atoms. The Morgan fingerprint density at radius 3 is 3.00 bits per heavy atom. The average Bonchev–Trinajstić information content (AvgIpc) is 2.57. The zero-order chi connectivity index (χ0) is 8.39. The molecule has 0 saturated carbocycles. The number of allylic oxidation sites excluding steroid dienone is 2. The quantitative estimate of drug-likeness (QED) is 0.616. The van der Waals surface area contributed by atoms with Crippen molar-refractivity contribution in [3.8, 4) is 0 Å². The fourth-order valence-electron chi connectivity index (χ4n) is 1.60. The number of nitrogens with zero attached hydrogens (tertiary/aromatic N) is 1. The maximum atomic E-state index is 9.56. The molecule has 0 radical (unpaired) electrons. The summed E-state index contributed by atoms with van der Waals surface area (Å²) in [7, 11) is 0. The van der Waals surface area contributed by atoms with Crippen molar-refractivity contribution in [3.05, 3.63) is 24.4 Å². The molecule has 1 N–H and O–H groups in total. The van der Waals surface area contributed by atoms with Crippen molar-refractivity contribution in [2.75, 3.05) is 13.2 Å². The highest BCUT2D eigenvalue weighted by atomic mass is 16.5. The van der Waals surface area contributed by atoms with Crippen LogP contribution in [0.1, 0.15) is 6.42 Å². The van der Waals surface area contributed by atoms with E-state index in [1.54, 1.807) is 6.08 Å². The smallest absolute Gasteiger partial charge is 0.146 e. The first-order valence-electron chi connectivity index (χ1n) is 4.26. The highest BCUT2D eigenvalue weighted by Crippen LogP contribution is 2.17. The molecular formula is C9H13NO2. The zero-order valence-electron chi connectivity index (χ0n) is 6.89. The molecule has 0 amide bonds. The lowest BCUT2D eigenvalue weighted by Crippen LogP contribution is -2.39. The molecule has 0 aromatic heterocycles. The van der Waals surface area contributed by atoms with Gasteiger partial charge in [0, 0.05) is 12.8 Å². The summed E-state index contributed by atoms with van der Waals surface area (Å²) in [5.41, 5.74) is 0. The molecule has 3 nitrogen and oxygen atoms in total. The average molecular weight is 167 g/mol. The van der Waals surface area contributed by atoms with E-state index >= 15 is 0 Å². The fraction of sp³-hybridized carbons (Fsp3) is 0.556. The Kier molecular flexibility index (Phi) is 2.15. The van der Waals surface area contributed by atoms with Gasteiger partial charge in [0.25, 0.3) is 0 Å². The topological polar surface area (TPSA) is 32.7 Å². The number of aliphatic hydroxyl groups is 1. The van der Waals surface area contributed by atoms with Crippen molar-refractivity contribution in [1.82, 2.24) is 4.90 Å². The summed E-state index contributed by atoms with van der Waals surface area (Å²) in [4.78, 5) is 1.94. The lowest BCUT2D eigenvalue weighted by molar-refractivity contribution is 0.0412. The Hall–Kier alpha value is -0.800. The number of hydrogen-bond acceptors (Lipinski definition) is 3. The van der Waals surface area contributed by atoms with E-state index in [0.29, 0.717) is 6.04 Å². The van der Waals surface area contributed by atoms with Gasteiger partial charge >= 0.3 is 0 Å². The van der Waals surface area contributed by atoms with Crippen molar-refractivity contribution in [2.24, 2.45) is 0 Å². The van der Waals surface area contributed by atoms with Gasteiger partial charge in [-0.1, -0.05) is 6.08 Å². The Morgan fingerprint density at radius 2 is 2.33 bits per heavy atom. The van der Waals surface area contributed by atoms with Gasteiger partial charge in [-0.3, -0.25) is 0 Å². The summed E-state index contributed by atoms with van der Waals surface area (Å²) in [6.45, 7) is 1.54. The van der Waals surface area contributed by atoms with E-state index in [4.69, 9.17) is 4.74 Å². The van der Waals surface area contributed by atoms with Crippen LogP contribution in [0, 0.1) is 0 Å². The molecule has 1 saturated heterocycles. The number of hydrogen-bond donors (Lipinski definition) is 1. The standard InChI is InChI=1S/C9H13NO2/c11-9-3-1-2-5-10(9)8-4-6-12-7-8/h1-3,5,8-9,11H,4,6-7H2. The Morgan fingerprint density at radius 1 is 1.42 bits per heavy atom. The minimum absolute atomic E-state index is 0.348. The number of aliphatic hydroxyl groups excluding tert-OH is 1. The second-order valence-electron chi connectivity index (χ2n) is 3.10. The minimum Gasteiger partial charge on any atom is -0.379 e. The molecule has 2 atom stereocenters. The fourth-order valence-corrected chi connectivity index (χ4v) is 1.60. The van der Waals surface area contributed by atoms with Crippen molar-refractivity contribution in [3.63, 3.8) is 0 Å². The van der Waals surface area contributed by atoms with Crippen molar-refractivity contribution < 1.29 is 9.84 Å². The third kappa shape index (κ3) is 1.38. The molecule has 0 aliphatic carbocycles. The summed E-state index contributed by atoms with van der Waals surface area (Å²) in [6.07, 6.45) is 8.03. The first kappa shape index (κ1) is 7.83. The molecular weight excluding hydrogens is 154 g/mol. The largest absolute Gasteiger partial charge is 0.379 e. The first-order chi connectivity index (χ1) is 5.88. The van der Waals surface area contributed by atoms with Crippen LogP contribution in [0.5, 0.6) is 0 Å². The second kappa shape index (κ2) is 3.29. The number of ether oxygens (including phenoxy) is 1. The van der Waals surface area contributed by atoms with Gasteiger partial charge in [-0.05, 0) is 18.6 Å². The Bertz CT molecular complexity index is 207. The maximum Gasteiger partial charge on any atom is 0.146 e. The monoisotopic (exact) mass is 167 g/mol. The molecule has 2 aliphatic heterocycles. The Balaban J connectivity index is 2.02. The SMILES string of the molecule is OC1C=CC=CN1C1CCOC1. The van der Waals surface area contributed by atoms with E-state index in [1.165, 1.54) is 0 Å². The molecule has 0 aromatic carbocycles. The van der Waals surface area contributed by atoms with Crippen LogP contribution in [0.15, 0.2) is 24.4 Å². The van der Waals surface area contributed by atoms with Gasteiger partial charge in [0.1, 0.15) is 6.23 Å². The lowest BCUT2D eigenvalue weighted by Gasteiger charge is -2.31. The van der Waals surface area contributed by atoms with Crippen LogP contribution in [-0.2, 0) is 4.74 Å². The molecule has 3 heteroatoms. The minimum atomic E-state index is -0.471. The molecule has 0 bridgehead atoms. The van der Waals surface area contributed by atoms with Gasteiger partial charge in [-0.2, -0.15) is 0 Å². The third-order valence-electron chi connectivity index (χ3n) is 2.29. The highest BCUT2D eigenvalue weighted by Gasteiger charge is 2.24. The third-order valence-corrected chi connectivity index (χ3v) is 2.29. The van der Waals surface area contributed by atoms with Crippen LogP contribution in [0.25, 0.3) is 0 Å². The van der Waals surface area contributed by atoms with Gasteiger partial charge in [0.2, 0.25) is 0 Å². The van der Waals surface area contributed by atoms with Crippen LogP contribution in [0.4, 0.5) is 0 Å². The van der Waals surface area contributed by atoms with Crippen molar-refractivity contribution in [2.45, 2.75) is 18.7 Å². The van der Waals surface area contributed by atoms with Crippen LogP contribution in [-0.4, -0.2) is 35.5 Å². The normalized spacial score (nSPS) is 34.6. The van der Waals surface area contributed by atoms with Crippen molar-refractivity contribution in [1.29, 1.82) is 0 Å². The molecule has 2 unspecified atom stereocenters. The van der Waals surface area contributed by atoms with Crippen LogP contribution in [0.3, 0.4) is 0 Å². The second-order valence-corrected chi connectivity index (χ2v) is 3.10. The van der Waals surface area contributed by atoms with Gasteiger partial charge < -0.3 is 14.7 Å². The van der Waals surface area contributed by atoms with Gasteiger partial charge in [0.15, 0.2) is 0 Å². The summed E-state index contributed by atoms with van der Waals surface area (Å²) in [5, 5.41) is 9.56. The zero-order valence-corrected chi connectivity index (χ0v) is 6.89. The summed E-state index contributed by atoms with van der Waals surface area (Å²) < 4.78 is 5.25.